The molecule has 1 rings (SSSR count). The molecule has 0 spiro atoms. The van der Waals surface area contributed by atoms with Crippen LogP contribution < -0.4 is 0 Å². The van der Waals surface area contributed by atoms with E-state index in [-0.39, 0.29) is 5.92 Å². The first-order valence-corrected chi connectivity index (χ1v) is 6.04. The van der Waals surface area contributed by atoms with Gasteiger partial charge in [0, 0.05) is 30.6 Å². The molecule has 0 radical (unpaired) electrons. The average molecular weight is 198 g/mol. The Morgan fingerprint density at radius 2 is 2.46 bits per heavy atom. The highest BCUT2D eigenvalue weighted by Gasteiger charge is 2.19. The van der Waals surface area contributed by atoms with E-state index in [2.05, 4.69) is 29.7 Å². The molecule has 1 saturated heterocycles. The van der Waals surface area contributed by atoms with Crippen LogP contribution in [0.3, 0.4) is 0 Å². The molecule has 0 aliphatic carbocycles. The Bertz CT molecular complexity index is 188. The molecule has 1 fully saturated rings. The number of hydrogen-bond donors (Lipinski definition) is 0. The normalized spacial score (nSPS) is 26.7. The van der Waals surface area contributed by atoms with Gasteiger partial charge < -0.3 is 4.90 Å². The van der Waals surface area contributed by atoms with E-state index in [9.17, 15) is 0 Å². The summed E-state index contributed by atoms with van der Waals surface area (Å²) >= 11 is 2.08. The maximum Gasteiger partial charge on any atom is 0.0666 e. The second-order valence-corrected chi connectivity index (χ2v) is 5.10. The Kier molecular flexibility index (Phi) is 4.61. The molecule has 1 aliphatic rings. The smallest absolute Gasteiger partial charge is 0.0666 e. The highest BCUT2D eigenvalue weighted by atomic mass is 32.2. The van der Waals surface area contributed by atoms with Crippen LogP contribution >= 0.6 is 11.8 Å². The zero-order chi connectivity index (χ0) is 9.68. The van der Waals surface area contributed by atoms with Crippen molar-refractivity contribution in [1.29, 1.82) is 5.26 Å². The number of rotatable bonds is 3. The molecule has 0 N–H and O–H groups in total. The van der Waals surface area contributed by atoms with Crippen LogP contribution in [0.1, 0.15) is 20.3 Å². The molecule has 0 aromatic carbocycles. The number of hydrogen-bond acceptors (Lipinski definition) is 3. The van der Waals surface area contributed by atoms with Gasteiger partial charge in [-0.3, -0.25) is 0 Å². The highest BCUT2D eigenvalue weighted by molar-refractivity contribution is 8.00. The molecule has 2 atom stereocenters. The summed E-state index contributed by atoms with van der Waals surface area (Å²) in [6.45, 7) is 7.53. The Balaban J connectivity index is 2.30. The van der Waals surface area contributed by atoms with Crippen molar-refractivity contribution in [2.45, 2.75) is 25.5 Å². The van der Waals surface area contributed by atoms with Gasteiger partial charge in [-0.15, -0.1) is 0 Å². The van der Waals surface area contributed by atoms with Gasteiger partial charge in [-0.05, 0) is 13.3 Å². The summed E-state index contributed by atoms with van der Waals surface area (Å²) in [5.41, 5.74) is 0. The van der Waals surface area contributed by atoms with Crippen molar-refractivity contribution < 1.29 is 0 Å². The Hall–Kier alpha value is -0.200. The molecule has 74 valence electrons. The molecule has 13 heavy (non-hydrogen) atoms. The van der Waals surface area contributed by atoms with E-state index in [1.165, 1.54) is 18.7 Å². The van der Waals surface area contributed by atoms with Gasteiger partial charge in [0.1, 0.15) is 0 Å². The van der Waals surface area contributed by atoms with E-state index in [1.54, 1.807) is 0 Å². The van der Waals surface area contributed by atoms with Gasteiger partial charge in [-0.25, -0.2) is 0 Å². The van der Waals surface area contributed by atoms with Crippen molar-refractivity contribution in [3.05, 3.63) is 0 Å². The van der Waals surface area contributed by atoms with Crippen LogP contribution in [-0.2, 0) is 0 Å². The van der Waals surface area contributed by atoms with E-state index in [1.807, 2.05) is 6.92 Å². The fraction of sp³-hybridized carbons (Fsp3) is 0.900. The van der Waals surface area contributed by atoms with Gasteiger partial charge in [-0.1, -0.05) is 6.92 Å². The molecule has 1 aliphatic heterocycles. The van der Waals surface area contributed by atoms with Gasteiger partial charge in [0.15, 0.2) is 0 Å². The summed E-state index contributed by atoms with van der Waals surface area (Å²) in [6, 6.07) is 2.30. The van der Waals surface area contributed by atoms with Crippen LogP contribution in [0.15, 0.2) is 0 Å². The van der Waals surface area contributed by atoms with Crippen molar-refractivity contribution in [1.82, 2.24) is 4.90 Å². The largest absolute Gasteiger partial charge is 0.300 e. The molecule has 0 bridgehead atoms. The van der Waals surface area contributed by atoms with E-state index >= 15 is 0 Å². The summed E-state index contributed by atoms with van der Waals surface area (Å²) in [7, 11) is 0. The van der Waals surface area contributed by atoms with E-state index in [0.29, 0.717) is 0 Å². The van der Waals surface area contributed by atoms with Gasteiger partial charge in [-0.2, -0.15) is 17.0 Å². The maximum atomic E-state index is 8.71. The van der Waals surface area contributed by atoms with Gasteiger partial charge in [0.25, 0.3) is 0 Å². The molecule has 0 aromatic rings. The minimum absolute atomic E-state index is 0.181. The van der Waals surface area contributed by atoms with Crippen LogP contribution in [0.2, 0.25) is 0 Å². The fourth-order valence-electron chi connectivity index (χ4n) is 1.62. The molecular weight excluding hydrogens is 180 g/mol. The first-order valence-electron chi connectivity index (χ1n) is 4.99. The summed E-state index contributed by atoms with van der Waals surface area (Å²) in [5, 5.41) is 9.50. The molecule has 2 unspecified atom stereocenters. The summed E-state index contributed by atoms with van der Waals surface area (Å²) < 4.78 is 0. The summed E-state index contributed by atoms with van der Waals surface area (Å²) in [6.07, 6.45) is 1.25. The van der Waals surface area contributed by atoms with E-state index < -0.39 is 0 Å². The van der Waals surface area contributed by atoms with Crippen LogP contribution in [0.5, 0.6) is 0 Å². The molecule has 1 heterocycles. The van der Waals surface area contributed by atoms with Crippen LogP contribution in [0.25, 0.3) is 0 Å². The van der Waals surface area contributed by atoms with Crippen LogP contribution in [0, 0.1) is 17.2 Å². The predicted octanol–water partition coefficient (Wildman–Crippen LogP) is 1.97. The third kappa shape index (κ3) is 3.58. The average Bonchev–Trinajstić information content (AvgIpc) is 2.18. The van der Waals surface area contributed by atoms with Crippen molar-refractivity contribution >= 4 is 11.8 Å². The Morgan fingerprint density at radius 1 is 1.69 bits per heavy atom. The Labute approximate surface area is 85.3 Å². The number of thioether (sulfide) groups is 1. The third-order valence-corrected chi connectivity index (χ3v) is 3.80. The molecule has 2 nitrogen and oxygen atoms in total. The second-order valence-electron chi connectivity index (χ2n) is 3.69. The van der Waals surface area contributed by atoms with E-state index in [0.717, 1.165) is 18.3 Å². The number of nitriles is 1. The van der Waals surface area contributed by atoms with Crippen molar-refractivity contribution in [3.8, 4) is 6.07 Å². The van der Waals surface area contributed by atoms with Crippen LogP contribution in [0.4, 0.5) is 0 Å². The third-order valence-electron chi connectivity index (χ3n) is 2.43. The molecule has 0 amide bonds. The highest BCUT2D eigenvalue weighted by Crippen LogP contribution is 2.21. The Morgan fingerprint density at radius 3 is 3.08 bits per heavy atom. The van der Waals surface area contributed by atoms with Crippen molar-refractivity contribution in [2.24, 2.45) is 5.92 Å². The van der Waals surface area contributed by atoms with Gasteiger partial charge in [0.05, 0.1) is 12.0 Å². The first-order chi connectivity index (χ1) is 6.26. The topological polar surface area (TPSA) is 27.0 Å². The lowest BCUT2D eigenvalue weighted by Crippen LogP contribution is -2.39. The molecule has 0 aromatic heterocycles. The van der Waals surface area contributed by atoms with Crippen LogP contribution in [-0.4, -0.2) is 35.5 Å². The number of nitrogens with zero attached hydrogens (tertiary/aromatic N) is 2. The maximum absolute atomic E-state index is 8.71. The lowest BCUT2D eigenvalue weighted by atomic mass is 10.2. The molecule has 0 saturated carbocycles. The molecular formula is C10H18N2S. The monoisotopic (exact) mass is 198 g/mol. The van der Waals surface area contributed by atoms with Crippen molar-refractivity contribution in [3.63, 3.8) is 0 Å². The first kappa shape index (κ1) is 10.9. The van der Waals surface area contributed by atoms with E-state index in [4.69, 9.17) is 5.26 Å². The van der Waals surface area contributed by atoms with Gasteiger partial charge in [0.2, 0.25) is 0 Å². The SMILES string of the molecule is CCC1CN(CC(C)C#N)CCS1. The lowest BCUT2D eigenvalue weighted by Gasteiger charge is -2.32. The van der Waals surface area contributed by atoms with Crippen molar-refractivity contribution in [2.75, 3.05) is 25.4 Å². The predicted molar refractivity (Wildman–Crippen MR) is 57.8 cm³/mol. The lowest BCUT2D eigenvalue weighted by molar-refractivity contribution is 0.262. The minimum Gasteiger partial charge on any atom is -0.300 e. The van der Waals surface area contributed by atoms with Gasteiger partial charge >= 0.3 is 0 Å². The summed E-state index contributed by atoms with van der Waals surface area (Å²) in [4.78, 5) is 2.43. The molecule has 3 heteroatoms. The quantitative estimate of drug-likeness (QED) is 0.694. The standard InChI is InChI=1S/C10H18N2S/c1-3-10-8-12(4-5-13-10)7-9(2)6-11/h9-10H,3-5,7-8H2,1-2H3. The zero-order valence-electron chi connectivity index (χ0n) is 8.49. The fourth-order valence-corrected chi connectivity index (χ4v) is 2.87. The zero-order valence-corrected chi connectivity index (χ0v) is 9.31. The minimum atomic E-state index is 0.181. The summed E-state index contributed by atoms with van der Waals surface area (Å²) in [5.74, 6) is 1.41. The second kappa shape index (κ2) is 5.51.